The lowest BCUT2D eigenvalue weighted by molar-refractivity contribution is -0.00835. The second-order valence-corrected chi connectivity index (χ2v) is 16.0. The van der Waals surface area contributed by atoms with Crippen LogP contribution in [0.15, 0.2) is 62.8 Å². The maximum absolute atomic E-state index is 14.4. The van der Waals surface area contributed by atoms with Gasteiger partial charge in [0.25, 0.3) is 15.9 Å². The maximum atomic E-state index is 14.4. The first-order valence-electron chi connectivity index (χ1n) is 16.0. The lowest BCUT2D eigenvalue weighted by atomic mass is 10.0. The number of aryl methyl sites for hydroxylation is 2. The van der Waals surface area contributed by atoms with Gasteiger partial charge in [-0.25, -0.2) is 16.8 Å². The molecule has 2 heterocycles. The predicted molar refractivity (Wildman–Crippen MR) is 180 cm³/mol. The first-order chi connectivity index (χ1) is 22.6. The number of carbonyl (C=O) groups is 1. The van der Waals surface area contributed by atoms with Gasteiger partial charge in [0.1, 0.15) is 16.3 Å². The van der Waals surface area contributed by atoms with Crippen LogP contribution in [0.5, 0.6) is 5.75 Å². The Morgan fingerprint density at radius 1 is 1.08 bits per heavy atom. The number of sulfonamides is 2. The van der Waals surface area contributed by atoms with Gasteiger partial charge in [-0.2, -0.15) is 4.31 Å². The number of fused-ring (bicyclic) bond motifs is 1. The molecular formula is C33H46N4O9S2. The Hall–Kier alpha value is -3.50. The molecule has 1 aliphatic heterocycles. The molecule has 2 N–H and O–H groups in total. The number of anilines is 1. The molecule has 0 spiro atoms. The molecule has 0 radical (unpaired) electrons. The number of carbonyl (C=O) groups excluding carboxylic acids is 1. The summed E-state index contributed by atoms with van der Waals surface area (Å²) < 4.78 is 74.7. The number of aliphatic hydroxyl groups excluding tert-OH is 1. The molecule has 4 rings (SSSR count). The average Bonchev–Trinajstić information content (AvgIpc) is 3.40. The highest BCUT2D eigenvalue weighted by atomic mass is 32.2. The molecule has 2 aromatic carbocycles. The Bertz CT molecular complexity index is 1740. The van der Waals surface area contributed by atoms with Crippen LogP contribution >= 0.6 is 0 Å². The number of benzene rings is 2. The zero-order valence-corrected chi connectivity index (χ0v) is 29.9. The highest BCUT2D eigenvalue weighted by molar-refractivity contribution is 7.92. The fraction of sp³-hybridized carbons (Fsp3) is 0.515. The highest BCUT2D eigenvalue weighted by Gasteiger charge is 2.34. The summed E-state index contributed by atoms with van der Waals surface area (Å²) >= 11 is 0. The SMILES string of the molecule is Cc1noc(C)c1S(=O)(=O)N(C)C[C@H]1OCCCC[C@H](C)Oc2ccc(NS(=O)(=O)c3ccccc3)cc2C(=O)N([C@H](C)CO)C[C@@H]1C. The van der Waals surface area contributed by atoms with Crippen LogP contribution in [0, 0.1) is 19.8 Å². The molecule has 13 nitrogen and oxygen atoms in total. The summed E-state index contributed by atoms with van der Waals surface area (Å²) in [6.45, 7) is 8.66. The molecule has 3 aromatic rings. The number of nitrogens with zero attached hydrogens (tertiary/aromatic N) is 3. The van der Waals surface area contributed by atoms with Crippen molar-refractivity contribution < 1.29 is 40.7 Å². The van der Waals surface area contributed by atoms with Gasteiger partial charge in [0.2, 0.25) is 10.0 Å². The quantitative estimate of drug-likeness (QED) is 0.329. The fourth-order valence-electron chi connectivity index (χ4n) is 5.61. The van der Waals surface area contributed by atoms with E-state index in [1.165, 1.54) is 34.5 Å². The van der Waals surface area contributed by atoms with E-state index in [-0.39, 0.29) is 64.0 Å². The zero-order valence-electron chi connectivity index (χ0n) is 28.2. The predicted octanol–water partition coefficient (Wildman–Crippen LogP) is 4.21. The third kappa shape index (κ3) is 8.74. The van der Waals surface area contributed by atoms with E-state index in [1.54, 1.807) is 51.1 Å². The Morgan fingerprint density at radius 3 is 2.44 bits per heavy atom. The van der Waals surface area contributed by atoms with E-state index in [1.807, 2.05) is 13.8 Å². The van der Waals surface area contributed by atoms with Crippen molar-refractivity contribution in [2.75, 3.05) is 38.1 Å². The van der Waals surface area contributed by atoms with Crippen molar-refractivity contribution in [3.8, 4) is 5.75 Å². The van der Waals surface area contributed by atoms with Crippen LogP contribution in [0.25, 0.3) is 0 Å². The van der Waals surface area contributed by atoms with Crippen LogP contribution in [0.3, 0.4) is 0 Å². The molecule has 1 amide bonds. The Kier molecular flexibility index (Phi) is 12.3. The van der Waals surface area contributed by atoms with Crippen LogP contribution < -0.4 is 9.46 Å². The molecule has 48 heavy (non-hydrogen) atoms. The summed E-state index contributed by atoms with van der Waals surface area (Å²) in [5.74, 6) is -0.406. The van der Waals surface area contributed by atoms with Crippen LogP contribution in [0.1, 0.15) is 61.8 Å². The van der Waals surface area contributed by atoms with Gasteiger partial charge >= 0.3 is 0 Å². The minimum absolute atomic E-state index is 0.00791. The fourth-order valence-corrected chi connectivity index (χ4v) is 8.15. The lowest BCUT2D eigenvalue weighted by Gasteiger charge is -2.35. The topological polar surface area (TPSA) is 169 Å². The second-order valence-electron chi connectivity index (χ2n) is 12.4. The molecule has 1 aliphatic rings. The van der Waals surface area contributed by atoms with Gasteiger partial charge < -0.3 is 24.0 Å². The normalized spacial score (nSPS) is 20.9. The summed E-state index contributed by atoms with van der Waals surface area (Å²) in [4.78, 5) is 15.9. The summed E-state index contributed by atoms with van der Waals surface area (Å²) in [7, 11) is -6.45. The van der Waals surface area contributed by atoms with Gasteiger partial charge in [0.15, 0.2) is 5.76 Å². The Labute approximate surface area is 283 Å². The zero-order chi connectivity index (χ0) is 35.2. The number of likely N-dealkylation sites (N-methyl/N-ethyl adjacent to an activating group) is 1. The number of nitrogens with one attached hydrogen (secondary N) is 1. The van der Waals surface area contributed by atoms with Crippen molar-refractivity contribution >= 4 is 31.6 Å². The largest absolute Gasteiger partial charge is 0.490 e. The van der Waals surface area contributed by atoms with Crippen molar-refractivity contribution in [1.82, 2.24) is 14.4 Å². The van der Waals surface area contributed by atoms with Gasteiger partial charge in [-0.1, -0.05) is 30.3 Å². The van der Waals surface area contributed by atoms with E-state index in [4.69, 9.17) is 14.0 Å². The van der Waals surface area contributed by atoms with E-state index in [0.717, 1.165) is 6.42 Å². The van der Waals surface area contributed by atoms with E-state index in [9.17, 15) is 26.7 Å². The highest BCUT2D eigenvalue weighted by Crippen LogP contribution is 2.30. The van der Waals surface area contributed by atoms with E-state index < -0.39 is 44.0 Å². The number of hydrogen-bond acceptors (Lipinski definition) is 10. The third-order valence-corrected chi connectivity index (χ3v) is 11.9. The van der Waals surface area contributed by atoms with Crippen molar-refractivity contribution in [3.63, 3.8) is 0 Å². The van der Waals surface area contributed by atoms with Crippen LogP contribution in [-0.2, 0) is 24.8 Å². The first-order valence-corrected chi connectivity index (χ1v) is 18.9. The number of ether oxygens (including phenoxy) is 2. The summed E-state index contributed by atoms with van der Waals surface area (Å²) in [5.41, 5.74) is 0.545. The van der Waals surface area contributed by atoms with Crippen molar-refractivity contribution in [2.24, 2.45) is 5.92 Å². The molecule has 264 valence electrons. The van der Waals surface area contributed by atoms with E-state index >= 15 is 0 Å². The molecule has 4 atom stereocenters. The Balaban J connectivity index is 1.69. The summed E-state index contributed by atoms with van der Waals surface area (Å²) in [5, 5.41) is 14.0. The van der Waals surface area contributed by atoms with Gasteiger partial charge in [-0.15, -0.1) is 0 Å². The van der Waals surface area contributed by atoms with E-state index in [0.29, 0.717) is 19.4 Å². The van der Waals surface area contributed by atoms with Crippen LogP contribution in [-0.4, -0.2) is 93.8 Å². The molecule has 0 bridgehead atoms. The van der Waals surface area contributed by atoms with Gasteiger partial charge in [-0.05, 0) is 77.3 Å². The van der Waals surface area contributed by atoms with Crippen LogP contribution in [0.2, 0.25) is 0 Å². The number of rotatable bonds is 9. The van der Waals surface area contributed by atoms with Gasteiger partial charge in [0.05, 0.1) is 35.3 Å². The standard InChI is InChI=1S/C33H46N4O9S2/c1-22-19-37(23(2)21-38)33(39)29-18-27(35-47(40,41)28-13-8-7-9-14-28)15-16-30(29)45-24(3)12-10-11-17-44-31(22)20-36(6)48(42,43)32-25(4)34-46-26(32)5/h7-9,13-16,18,22-24,31,35,38H,10-12,17,19-21H2,1-6H3/t22-,23+,24-,31+/m0/s1. The molecule has 15 heteroatoms. The van der Waals surface area contributed by atoms with Gasteiger partial charge in [0, 0.05) is 38.3 Å². The molecule has 0 saturated carbocycles. The minimum atomic E-state index is -3.97. The molecule has 0 aliphatic carbocycles. The number of aliphatic hydroxyl groups is 1. The third-order valence-electron chi connectivity index (χ3n) is 8.43. The van der Waals surface area contributed by atoms with Crippen molar-refractivity contribution in [3.05, 3.63) is 65.5 Å². The maximum Gasteiger partial charge on any atom is 0.261 e. The molecule has 1 aromatic heterocycles. The minimum Gasteiger partial charge on any atom is -0.490 e. The van der Waals surface area contributed by atoms with E-state index in [2.05, 4.69) is 9.88 Å². The number of hydrogen-bond donors (Lipinski definition) is 2. The molecular weight excluding hydrogens is 661 g/mol. The van der Waals surface area contributed by atoms with Crippen molar-refractivity contribution in [2.45, 2.75) is 81.9 Å². The summed E-state index contributed by atoms with van der Waals surface area (Å²) in [6, 6.07) is 11.8. The monoisotopic (exact) mass is 706 g/mol. The van der Waals surface area contributed by atoms with Crippen LogP contribution in [0.4, 0.5) is 5.69 Å². The van der Waals surface area contributed by atoms with Crippen molar-refractivity contribution in [1.29, 1.82) is 0 Å². The second kappa shape index (κ2) is 15.8. The molecule has 0 saturated heterocycles. The smallest absolute Gasteiger partial charge is 0.261 e. The Morgan fingerprint density at radius 2 is 1.79 bits per heavy atom. The first kappa shape index (κ1) is 37.3. The number of aromatic nitrogens is 1. The number of amides is 1. The molecule has 0 fully saturated rings. The lowest BCUT2D eigenvalue weighted by Crippen LogP contribution is -2.48. The van der Waals surface area contributed by atoms with Gasteiger partial charge in [-0.3, -0.25) is 9.52 Å². The average molecular weight is 707 g/mol. The molecule has 0 unspecified atom stereocenters. The summed E-state index contributed by atoms with van der Waals surface area (Å²) in [6.07, 6.45) is 1.19.